The molecule has 1 aliphatic heterocycles. The molecule has 1 heterocycles. The van der Waals surface area contributed by atoms with Gasteiger partial charge in [0.05, 0.1) is 17.9 Å². The summed E-state index contributed by atoms with van der Waals surface area (Å²) in [4.78, 5) is 13.0. The summed E-state index contributed by atoms with van der Waals surface area (Å²) < 4.78 is 42.7. The van der Waals surface area contributed by atoms with E-state index >= 15 is 0 Å². The number of carbonyl (C=O) groups is 1. The average molecular weight is 324 g/mol. The number of amides is 1. The molecule has 98 valence electrons. The van der Waals surface area contributed by atoms with Crippen molar-refractivity contribution < 1.29 is 22.7 Å². The molecular weight excluding hydrogens is 315 g/mol. The summed E-state index contributed by atoms with van der Waals surface area (Å²) in [6.45, 7) is 0.662. The molecule has 1 aromatic carbocycles. The highest BCUT2D eigenvalue weighted by atomic mass is 79.9. The summed E-state index contributed by atoms with van der Waals surface area (Å²) in [6.07, 6.45) is -4.39. The summed E-state index contributed by atoms with van der Waals surface area (Å²) >= 11 is 3.07. The number of ether oxygens (including phenoxy) is 1. The van der Waals surface area contributed by atoms with Crippen molar-refractivity contribution in [3.63, 3.8) is 0 Å². The third-order valence-corrected chi connectivity index (χ3v) is 3.19. The van der Waals surface area contributed by atoms with E-state index in [-0.39, 0.29) is 17.0 Å². The van der Waals surface area contributed by atoms with E-state index in [4.69, 9.17) is 4.74 Å². The Morgan fingerprint density at radius 3 is 2.61 bits per heavy atom. The van der Waals surface area contributed by atoms with Gasteiger partial charge in [-0.1, -0.05) is 0 Å². The fourth-order valence-corrected chi connectivity index (χ4v) is 2.27. The maximum Gasteiger partial charge on any atom is 0.416 e. The first kappa shape index (κ1) is 13.4. The lowest BCUT2D eigenvalue weighted by Gasteiger charge is -2.28. The second kappa shape index (κ2) is 4.89. The van der Waals surface area contributed by atoms with Gasteiger partial charge in [0.25, 0.3) is 5.91 Å². The van der Waals surface area contributed by atoms with Crippen LogP contribution in [0.3, 0.4) is 0 Å². The van der Waals surface area contributed by atoms with Crippen LogP contribution in [-0.2, 0) is 15.7 Å². The molecule has 1 aliphatic rings. The fraction of sp³-hybridized carbons (Fsp3) is 0.364. The lowest BCUT2D eigenvalue weighted by atomic mass is 10.2. The van der Waals surface area contributed by atoms with Crippen LogP contribution in [0.15, 0.2) is 22.7 Å². The maximum absolute atomic E-state index is 12.5. The van der Waals surface area contributed by atoms with Gasteiger partial charge in [0.1, 0.15) is 6.61 Å². The van der Waals surface area contributed by atoms with Crippen molar-refractivity contribution >= 4 is 27.5 Å². The van der Waals surface area contributed by atoms with E-state index in [1.165, 1.54) is 11.0 Å². The Bertz CT molecular complexity index is 476. The molecule has 0 aliphatic carbocycles. The molecule has 0 aromatic heterocycles. The van der Waals surface area contributed by atoms with E-state index < -0.39 is 11.7 Å². The number of benzene rings is 1. The van der Waals surface area contributed by atoms with E-state index in [0.717, 1.165) is 12.1 Å². The van der Waals surface area contributed by atoms with E-state index in [1.807, 2.05) is 0 Å². The third-order valence-electron chi connectivity index (χ3n) is 2.55. The van der Waals surface area contributed by atoms with E-state index in [0.29, 0.717) is 18.8 Å². The van der Waals surface area contributed by atoms with Crippen molar-refractivity contribution in [3.05, 3.63) is 28.2 Å². The summed E-state index contributed by atoms with van der Waals surface area (Å²) in [6, 6.07) is 3.22. The van der Waals surface area contributed by atoms with Gasteiger partial charge in [-0.2, -0.15) is 13.2 Å². The SMILES string of the molecule is O=C1COCCN1c1ccc(C(F)(F)F)cc1Br. The standard InChI is InChI=1S/C11H9BrF3NO2/c12-8-5-7(11(13,14)15)1-2-9(8)16-3-4-18-6-10(16)17/h1-2,5H,3-4,6H2. The third kappa shape index (κ3) is 2.67. The van der Waals surface area contributed by atoms with Crippen LogP contribution in [0.25, 0.3) is 0 Å². The Hall–Kier alpha value is -1.08. The maximum atomic E-state index is 12.5. The Morgan fingerprint density at radius 2 is 2.06 bits per heavy atom. The van der Waals surface area contributed by atoms with Crippen LogP contribution in [0, 0.1) is 0 Å². The first-order chi connectivity index (χ1) is 8.39. The van der Waals surface area contributed by atoms with Gasteiger partial charge in [0.2, 0.25) is 0 Å². The van der Waals surface area contributed by atoms with Gasteiger partial charge in [-0.15, -0.1) is 0 Å². The van der Waals surface area contributed by atoms with Crippen LogP contribution in [0.4, 0.5) is 18.9 Å². The quantitative estimate of drug-likeness (QED) is 0.795. The molecule has 1 fully saturated rings. The Balaban J connectivity index is 2.32. The van der Waals surface area contributed by atoms with Gasteiger partial charge in [0, 0.05) is 11.0 Å². The van der Waals surface area contributed by atoms with Gasteiger partial charge < -0.3 is 9.64 Å². The average Bonchev–Trinajstić information content (AvgIpc) is 2.29. The van der Waals surface area contributed by atoms with Crippen LogP contribution >= 0.6 is 15.9 Å². The van der Waals surface area contributed by atoms with Gasteiger partial charge in [-0.3, -0.25) is 4.79 Å². The zero-order valence-electron chi connectivity index (χ0n) is 9.13. The van der Waals surface area contributed by atoms with Crippen LogP contribution in [0.1, 0.15) is 5.56 Å². The number of alkyl halides is 3. The number of rotatable bonds is 1. The van der Waals surface area contributed by atoms with Crippen molar-refractivity contribution in [2.24, 2.45) is 0 Å². The normalized spacial score (nSPS) is 17.1. The molecule has 0 bridgehead atoms. The lowest BCUT2D eigenvalue weighted by Crippen LogP contribution is -2.41. The molecule has 18 heavy (non-hydrogen) atoms. The number of morpholine rings is 1. The Morgan fingerprint density at radius 1 is 1.33 bits per heavy atom. The van der Waals surface area contributed by atoms with Gasteiger partial charge >= 0.3 is 6.18 Å². The molecular formula is C11H9BrF3NO2. The predicted molar refractivity (Wildman–Crippen MR) is 62.3 cm³/mol. The zero-order valence-corrected chi connectivity index (χ0v) is 10.7. The smallest absolute Gasteiger partial charge is 0.370 e. The van der Waals surface area contributed by atoms with Crippen molar-refractivity contribution in [2.75, 3.05) is 24.7 Å². The van der Waals surface area contributed by atoms with Crippen LogP contribution in [0.5, 0.6) is 0 Å². The highest BCUT2D eigenvalue weighted by molar-refractivity contribution is 9.10. The molecule has 7 heteroatoms. The number of carbonyl (C=O) groups excluding carboxylic acids is 1. The van der Waals surface area contributed by atoms with E-state index in [1.54, 1.807) is 0 Å². The van der Waals surface area contributed by atoms with Crippen LogP contribution in [-0.4, -0.2) is 25.7 Å². The van der Waals surface area contributed by atoms with Gasteiger partial charge in [0.15, 0.2) is 0 Å². The van der Waals surface area contributed by atoms with Crippen LogP contribution < -0.4 is 4.90 Å². The molecule has 0 unspecified atom stereocenters. The van der Waals surface area contributed by atoms with Gasteiger partial charge in [-0.05, 0) is 34.1 Å². The second-order valence-electron chi connectivity index (χ2n) is 3.76. The minimum atomic E-state index is -4.39. The molecule has 0 saturated carbocycles. The largest absolute Gasteiger partial charge is 0.416 e. The zero-order chi connectivity index (χ0) is 13.3. The summed E-state index contributed by atoms with van der Waals surface area (Å²) in [5.74, 6) is -0.262. The molecule has 0 N–H and O–H groups in total. The number of anilines is 1. The number of nitrogens with zero attached hydrogens (tertiary/aromatic N) is 1. The minimum Gasteiger partial charge on any atom is -0.370 e. The summed E-state index contributed by atoms with van der Waals surface area (Å²) in [7, 11) is 0. The van der Waals surface area contributed by atoms with Crippen molar-refractivity contribution in [2.45, 2.75) is 6.18 Å². The highest BCUT2D eigenvalue weighted by Gasteiger charge is 2.31. The Labute approximate surface area is 110 Å². The molecule has 0 radical (unpaired) electrons. The fourth-order valence-electron chi connectivity index (χ4n) is 1.67. The van der Waals surface area contributed by atoms with E-state index in [2.05, 4.69) is 15.9 Å². The highest BCUT2D eigenvalue weighted by Crippen LogP contribution is 2.35. The molecule has 0 spiro atoms. The lowest BCUT2D eigenvalue weighted by molar-refractivity contribution is -0.137. The molecule has 1 aromatic rings. The first-order valence-electron chi connectivity index (χ1n) is 5.14. The summed E-state index contributed by atoms with van der Waals surface area (Å²) in [5.41, 5.74) is -0.324. The minimum absolute atomic E-state index is 0.0482. The second-order valence-corrected chi connectivity index (χ2v) is 4.62. The Kier molecular flexibility index (Phi) is 3.63. The first-order valence-corrected chi connectivity index (χ1v) is 5.94. The molecule has 1 saturated heterocycles. The van der Waals surface area contributed by atoms with Gasteiger partial charge in [-0.25, -0.2) is 0 Å². The number of halogens is 4. The number of hydrogen-bond donors (Lipinski definition) is 0. The van der Waals surface area contributed by atoms with Crippen molar-refractivity contribution in [1.29, 1.82) is 0 Å². The van der Waals surface area contributed by atoms with E-state index in [9.17, 15) is 18.0 Å². The van der Waals surface area contributed by atoms with Crippen molar-refractivity contribution in [1.82, 2.24) is 0 Å². The molecule has 0 atom stereocenters. The molecule has 2 rings (SSSR count). The number of hydrogen-bond acceptors (Lipinski definition) is 2. The molecule has 1 amide bonds. The molecule has 3 nitrogen and oxygen atoms in total. The van der Waals surface area contributed by atoms with Crippen LogP contribution in [0.2, 0.25) is 0 Å². The predicted octanol–water partition coefficient (Wildman–Crippen LogP) is 2.83. The topological polar surface area (TPSA) is 29.5 Å². The van der Waals surface area contributed by atoms with Crippen molar-refractivity contribution in [3.8, 4) is 0 Å². The summed E-state index contributed by atoms with van der Waals surface area (Å²) in [5, 5.41) is 0. The monoisotopic (exact) mass is 323 g/mol.